The van der Waals surface area contributed by atoms with Gasteiger partial charge in [-0.05, 0) is 31.0 Å². The van der Waals surface area contributed by atoms with E-state index in [9.17, 15) is 4.79 Å². The van der Waals surface area contributed by atoms with Gasteiger partial charge in [-0.3, -0.25) is 4.79 Å². The maximum absolute atomic E-state index is 11.9. The van der Waals surface area contributed by atoms with Crippen molar-refractivity contribution in [3.05, 3.63) is 29.8 Å². The van der Waals surface area contributed by atoms with E-state index in [1.165, 1.54) is 5.56 Å². The SMILES string of the molecule is NCCCCNC(=O)C1Cc2ccccc2N1. The lowest BCUT2D eigenvalue weighted by molar-refractivity contribution is -0.121. The van der Waals surface area contributed by atoms with E-state index in [-0.39, 0.29) is 11.9 Å². The molecule has 0 radical (unpaired) electrons. The molecule has 1 aliphatic heterocycles. The van der Waals surface area contributed by atoms with Crippen molar-refractivity contribution in [1.82, 2.24) is 5.32 Å². The number of para-hydroxylation sites is 1. The van der Waals surface area contributed by atoms with Crippen LogP contribution in [0.2, 0.25) is 0 Å². The number of fused-ring (bicyclic) bond motifs is 1. The summed E-state index contributed by atoms with van der Waals surface area (Å²) in [5.41, 5.74) is 7.70. The fourth-order valence-corrected chi connectivity index (χ4v) is 2.06. The quantitative estimate of drug-likeness (QED) is 0.661. The zero-order chi connectivity index (χ0) is 12.1. The topological polar surface area (TPSA) is 67.1 Å². The number of carbonyl (C=O) groups excluding carboxylic acids is 1. The first-order chi connectivity index (χ1) is 8.31. The van der Waals surface area contributed by atoms with Gasteiger partial charge in [0.1, 0.15) is 6.04 Å². The fraction of sp³-hybridized carbons (Fsp3) is 0.462. The molecular formula is C13H19N3O. The van der Waals surface area contributed by atoms with Gasteiger partial charge in [-0.25, -0.2) is 0 Å². The van der Waals surface area contributed by atoms with E-state index in [2.05, 4.69) is 16.7 Å². The third-order valence-corrected chi connectivity index (χ3v) is 3.02. The van der Waals surface area contributed by atoms with E-state index in [1.807, 2.05) is 18.2 Å². The summed E-state index contributed by atoms with van der Waals surface area (Å²) in [4.78, 5) is 11.9. The molecule has 4 heteroatoms. The van der Waals surface area contributed by atoms with Gasteiger partial charge in [0.15, 0.2) is 0 Å². The van der Waals surface area contributed by atoms with Gasteiger partial charge in [0.2, 0.25) is 5.91 Å². The summed E-state index contributed by atoms with van der Waals surface area (Å²) in [6, 6.07) is 7.93. The average molecular weight is 233 g/mol. The Morgan fingerprint density at radius 3 is 3.00 bits per heavy atom. The van der Waals surface area contributed by atoms with Gasteiger partial charge in [0.25, 0.3) is 0 Å². The second kappa shape index (κ2) is 5.68. The normalized spacial score (nSPS) is 17.4. The van der Waals surface area contributed by atoms with Crippen LogP contribution in [0.15, 0.2) is 24.3 Å². The molecule has 0 saturated heterocycles. The Labute approximate surface area is 102 Å². The van der Waals surface area contributed by atoms with Crippen LogP contribution in [0.5, 0.6) is 0 Å². The number of hydrogen-bond acceptors (Lipinski definition) is 3. The predicted molar refractivity (Wildman–Crippen MR) is 68.9 cm³/mol. The van der Waals surface area contributed by atoms with Gasteiger partial charge in [0.05, 0.1) is 0 Å². The highest BCUT2D eigenvalue weighted by Gasteiger charge is 2.25. The Balaban J connectivity index is 1.80. The van der Waals surface area contributed by atoms with Crippen LogP contribution < -0.4 is 16.4 Å². The summed E-state index contributed by atoms with van der Waals surface area (Å²) in [5.74, 6) is 0.0817. The van der Waals surface area contributed by atoms with Gasteiger partial charge in [-0.1, -0.05) is 18.2 Å². The van der Waals surface area contributed by atoms with Crippen LogP contribution in [0.4, 0.5) is 5.69 Å². The number of nitrogens with two attached hydrogens (primary N) is 1. The molecule has 1 unspecified atom stereocenters. The van der Waals surface area contributed by atoms with Crippen molar-refractivity contribution in [2.75, 3.05) is 18.4 Å². The molecule has 1 atom stereocenters. The smallest absolute Gasteiger partial charge is 0.242 e. The first-order valence-corrected chi connectivity index (χ1v) is 6.13. The Morgan fingerprint density at radius 2 is 2.24 bits per heavy atom. The highest BCUT2D eigenvalue weighted by atomic mass is 16.2. The van der Waals surface area contributed by atoms with Crippen LogP contribution >= 0.6 is 0 Å². The van der Waals surface area contributed by atoms with Crippen molar-refractivity contribution in [2.45, 2.75) is 25.3 Å². The third kappa shape index (κ3) is 2.97. The van der Waals surface area contributed by atoms with Crippen LogP contribution in [0.1, 0.15) is 18.4 Å². The number of amides is 1. The van der Waals surface area contributed by atoms with Crippen LogP contribution in [0.3, 0.4) is 0 Å². The third-order valence-electron chi connectivity index (χ3n) is 3.02. The molecule has 0 aliphatic carbocycles. The van der Waals surface area contributed by atoms with Crippen molar-refractivity contribution in [3.63, 3.8) is 0 Å². The minimum Gasteiger partial charge on any atom is -0.373 e. The maximum atomic E-state index is 11.9. The van der Waals surface area contributed by atoms with E-state index >= 15 is 0 Å². The summed E-state index contributed by atoms with van der Waals surface area (Å²) in [6.45, 7) is 1.40. The second-order valence-corrected chi connectivity index (χ2v) is 4.35. The number of nitrogens with one attached hydrogen (secondary N) is 2. The van der Waals surface area contributed by atoms with Crippen molar-refractivity contribution in [3.8, 4) is 0 Å². The van der Waals surface area contributed by atoms with Gasteiger partial charge >= 0.3 is 0 Å². The van der Waals surface area contributed by atoms with Crippen LogP contribution in [0, 0.1) is 0 Å². The Bertz CT molecular complexity index is 367. The minimum absolute atomic E-state index is 0.0817. The predicted octanol–water partition coefficient (Wildman–Crippen LogP) is 0.878. The molecule has 0 aromatic heterocycles. The molecule has 1 aromatic rings. The second-order valence-electron chi connectivity index (χ2n) is 4.35. The molecule has 4 N–H and O–H groups in total. The lowest BCUT2D eigenvalue weighted by atomic mass is 10.1. The van der Waals surface area contributed by atoms with Gasteiger partial charge in [-0.2, -0.15) is 0 Å². The monoisotopic (exact) mass is 233 g/mol. The van der Waals surface area contributed by atoms with E-state index in [4.69, 9.17) is 5.73 Å². The Morgan fingerprint density at radius 1 is 1.41 bits per heavy atom. The number of benzene rings is 1. The molecular weight excluding hydrogens is 214 g/mol. The van der Waals surface area contributed by atoms with Gasteiger partial charge in [-0.15, -0.1) is 0 Å². The maximum Gasteiger partial charge on any atom is 0.242 e. The van der Waals surface area contributed by atoms with Crippen LogP contribution in [-0.4, -0.2) is 25.0 Å². The lowest BCUT2D eigenvalue weighted by Gasteiger charge is -2.11. The zero-order valence-corrected chi connectivity index (χ0v) is 9.91. The Hall–Kier alpha value is -1.55. The molecule has 2 rings (SSSR count). The van der Waals surface area contributed by atoms with Crippen LogP contribution in [-0.2, 0) is 11.2 Å². The molecule has 1 aliphatic rings. The lowest BCUT2D eigenvalue weighted by Crippen LogP contribution is -2.38. The largest absolute Gasteiger partial charge is 0.373 e. The number of anilines is 1. The minimum atomic E-state index is -0.120. The van der Waals surface area contributed by atoms with E-state index < -0.39 is 0 Å². The van der Waals surface area contributed by atoms with Crippen molar-refractivity contribution >= 4 is 11.6 Å². The van der Waals surface area contributed by atoms with E-state index in [0.717, 1.165) is 24.9 Å². The summed E-state index contributed by atoms with van der Waals surface area (Å²) in [5, 5.41) is 6.18. The molecule has 0 bridgehead atoms. The van der Waals surface area contributed by atoms with E-state index in [0.29, 0.717) is 13.1 Å². The number of hydrogen-bond donors (Lipinski definition) is 3. The first-order valence-electron chi connectivity index (χ1n) is 6.13. The molecule has 0 fully saturated rings. The first kappa shape index (κ1) is 11.9. The van der Waals surface area contributed by atoms with Crippen molar-refractivity contribution in [1.29, 1.82) is 0 Å². The molecule has 17 heavy (non-hydrogen) atoms. The molecule has 1 heterocycles. The fourth-order valence-electron chi connectivity index (χ4n) is 2.06. The van der Waals surface area contributed by atoms with Gasteiger partial charge in [0, 0.05) is 18.7 Å². The molecule has 0 saturated carbocycles. The zero-order valence-electron chi connectivity index (χ0n) is 9.91. The molecule has 92 valence electrons. The van der Waals surface area contributed by atoms with Crippen LogP contribution in [0.25, 0.3) is 0 Å². The van der Waals surface area contributed by atoms with Crippen molar-refractivity contribution < 1.29 is 4.79 Å². The molecule has 1 aromatic carbocycles. The summed E-state index contributed by atoms with van der Waals surface area (Å²) >= 11 is 0. The number of unbranched alkanes of at least 4 members (excludes halogenated alkanes) is 1. The summed E-state index contributed by atoms with van der Waals surface area (Å²) in [7, 11) is 0. The molecule has 1 amide bonds. The standard InChI is InChI=1S/C13H19N3O/c14-7-3-4-8-15-13(17)12-9-10-5-1-2-6-11(10)16-12/h1-2,5-6,12,16H,3-4,7-9,14H2,(H,15,17). The average Bonchev–Trinajstić information content (AvgIpc) is 2.78. The van der Waals surface area contributed by atoms with Gasteiger partial charge < -0.3 is 16.4 Å². The van der Waals surface area contributed by atoms with Crippen molar-refractivity contribution in [2.24, 2.45) is 5.73 Å². The highest BCUT2D eigenvalue weighted by molar-refractivity contribution is 5.87. The molecule has 0 spiro atoms. The summed E-state index contributed by atoms with van der Waals surface area (Å²) in [6.07, 6.45) is 2.68. The number of rotatable bonds is 5. The highest BCUT2D eigenvalue weighted by Crippen LogP contribution is 2.24. The molecule has 4 nitrogen and oxygen atoms in total. The van der Waals surface area contributed by atoms with E-state index in [1.54, 1.807) is 0 Å². The number of carbonyl (C=O) groups is 1. The summed E-state index contributed by atoms with van der Waals surface area (Å²) < 4.78 is 0. The Kier molecular flexibility index (Phi) is 3.98.